The highest BCUT2D eigenvalue weighted by atomic mass is 14.2. The lowest BCUT2D eigenvalue weighted by molar-refractivity contribution is 0.419. The second-order valence-corrected chi connectivity index (χ2v) is 3.49. The van der Waals surface area contributed by atoms with E-state index in [1.54, 1.807) is 5.57 Å². The minimum Gasteiger partial charge on any atom is -0.0809 e. The van der Waals surface area contributed by atoms with Crippen molar-refractivity contribution in [2.45, 2.75) is 33.6 Å². The largest absolute Gasteiger partial charge is 0.0809 e. The number of allylic oxidation sites excluding steroid dienone is 2. The lowest BCUT2D eigenvalue weighted by Crippen LogP contribution is -2.02. The second kappa shape index (κ2) is 2.55. The average Bonchev–Trinajstić information content (AvgIpc) is 2.50. The SMILES string of the molecule is CC(C)C(C)CC1=CC1. The highest BCUT2D eigenvalue weighted by molar-refractivity contribution is 5.21. The van der Waals surface area contributed by atoms with Crippen LogP contribution in [0.1, 0.15) is 33.6 Å². The Kier molecular flexibility index (Phi) is 1.94. The molecule has 0 spiro atoms. The van der Waals surface area contributed by atoms with Gasteiger partial charge in [0.2, 0.25) is 0 Å². The predicted octanol–water partition coefficient (Wildman–Crippen LogP) is 3.00. The summed E-state index contributed by atoms with van der Waals surface area (Å²) in [5, 5.41) is 0. The third-order valence-corrected chi connectivity index (χ3v) is 2.22. The Morgan fingerprint density at radius 2 is 2.00 bits per heavy atom. The molecule has 9 heavy (non-hydrogen) atoms. The maximum atomic E-state index is 2.34. The number of hydrogen-bond acceptors (Lipinski definition) is 0. The first-order valence-corrected chi connectivity index (χ1v) is 3.88. The fourth-order valence-electron chi connectivity index (χ4n) is 0.888. The van der Waals surface area contributed by atoms with Gasteiger partial charge < -0.3 is 0 Å². The molecule has 0 saturated carbocycles. The van der Waals surface area contributed by atoms with Crippen LogP contribution in [0.2, 0.25) is 0 Å². The zero-order chi connectivity index (χ0) is 6.85. The molecule has 0 aliphatic heterocycles. The van der Waals surface area contributed by atoms with Gasteiger partial charge in [0.25, 0.3) is 0 Å². The van der Waals surface area contributed by atoms with Gasteiger partial charge in [-0.1, -0.05) is 32.4 Å². The summed E-state index contributed by atoms with van der Waals surface area (Å²) in [6, 6.07) is 0. The molecule has 0 aromatic heterocycles. The molecule has 0 heterocycles. The fraction of sp³-hybridized carbons (Fsp3) is 0.778. The summed E-state index contributed by atoms with van der Waals surface area (Å²) in [5.41, 5.74) is 1.68. The summed E-state index contributed by atoms with van der Waals surface area (Å²) in [7, 11) is 0. The molecular formula is C9H16. The Labute approximate surface area is 58.0 Å². The van der Waals surface area contributed by atoms with Crippen LogP contribution in [0.4, 0.5) is 0 Å². The van der Waals surface area contributed by atoms with Gasteiger partial charge in [-0.25, -0.2) is 0 Å². The second-order valence-electron chi connectivity index (χ2n) is 3.49. The lowest BCUT2D eigenvalue weighted by Gasteiger charge is -2.12. The van der Waals surface area contributed by atoms with Crippen molar-refractivity contribution in [2.24, 2.45) is 11.8 Å². The first-order chi connectivity index (χ1) is 4.20. The average molecular weight is 124 g/mol. The molecular weight excluding hydrogens is 108 g/mol. The van der Waals surface area contributed by atoms with E-state index in [0.29, 0.717) is 0 Å². The van der Waals surface area contributed by atoms with Gasteiger partial charge in [0, 0.05) is 0 Å². The molecule has 1 atom stereocenters. The van der Waals surface area contributed by atoms with Gasteiger partial charge in [0.15, 0.2) is 0 Å². The smallest absolute Gasteiger partial charge is 0.0136 e. The van der Waals surface area contributed by atoms with Crippen LogP contribution in [-0.2, 0) is 0 Å². The minimum absolute atomic E-state index is 0.853. The summed E-state index contributed by atoms with van der Waals surface area (Å²) >= 11 is 0. The van der Waals surface area contributed by atoms with Gasteiger partial charge >= 0.3 is 0 Å². The molecule has 1 rings (SSSR count). The highest BCUT2D eigenvalue weighted by Crippen LogP contribution is 2.29. The molecule has 0 radical (unpaired) electrons. The van der Waals surface area contributed by atoms with Gasteiger partial charge in [-0.2, -0.15) is 0 Å². The number of rotatable bonds is 3. The van der Waals surface area contributed by atoms with Gasteiger partial charge in [0.1, 0.15) is 0 Å². The maximum absolute atomic E-state index is 2.34. The minimum atomic E-state index is 0.853. The Morgan fingerprint density at radius 3 is 2.33 bits per heavy atom. The zero-order valence-corrected chi connectivity index (χ0v) is 6.65. The van der Waals surface area contributed by atoms with Crippen molar-refractivity contribution < 1.29 is 0 Å². The van der Waals surface area contributed by atoms with Crippen LogP contribution in [0.15, 0.2) is 11.6 Å². The molecule has 0 saturated heterocycles. The number of hydrogen-bond donors (Lipinski definition) is 0. The summed E-state index contributed by atoms with van der Waals surface area (Å²) in [4.78, 5) is 0. The molecule has 0 bridgehead atoms. The van der Waals surface area contributed by atoms with Crippen LogP contribution in [-0.4, -0.2) is 0 Å². The zero-order valence-electron chi connectivity index (χ0n) is 6.65. The van der Waals surface area contributed by atoms with Crippen LogP contribution >= 0.6 is 0 Å². The molecule has 1 aliphatic carbocycles. The summed E-state index contributed by atoms with van der Waals surface area (Å²) in [5.74, 6) is 1.74. The van der Waals surface area contributed by atoms with Gasteiger partial charge in [-0.05, 0) is 24.7 Å². The summed E-state index contributed by atoms with van der Waals surface area (Å²) < 4.78 is 0. The third-order valence-electron chi connectivity index (χ3n) is 2.22. The van der Waals surface area contributed by atoms with Crippen molar-refractivity contribution in [1.82, 2.24) is 0 Å². The monoisotopic (exact) mass is 124 g/mol. The van der Waals surface area contributed by atoms with E-state index in [4.69, 9.17) is 0 Å². The normalized spacial score (nSPS) is 19.8. The predicted molar refractivity (Wildman–Crippen MR) is 41.3 cm³/mol. The van der Waals surface area contributed by atoms with Gasteiger partial charge in [-0.3, -0.25) is 0 Å². The van der Waals surface area contributed by atoms with E-state index in [-0.39, 0.29) is 0 Å². The van der Waals surface area contributed by atoms with Crippen LogP contribution in [0.5, 0.6) is 0 Å². The van der Waals surface area contributed by atoms with Crippen molar-refractivity contribution in [1.29, 1.82) is 0 Å². The van der Waals surface area contributed by atoms with E-state index in [9.17, 15) is 0 Å². The maximum Gasteiger partial charge on any atom is -0.0136 e. The van der Waals surface area contributed by atoms with E-state index < -0.39 is 0 Å². The molecule has 0 heteroatoms. The third kappa shape index (κ3) is 2.21. The fourth-order valence-corrected chi connectivity index (χ4v) is 0.888. The van der Waals surface area contributed by atoms with E-state index in [1.807, 2.05) is 0 Å². The van der Waals surface area contributed by atoms with E-state index in [0.717, 1.165) is 11.8 Å². The summed E-state index contributed by atoms with van der Waals surface area (Å²) in [6.07, 6.45) is 4.98. The topological polar surface area (TPSA) is 0 Å². The molecule has 0 fully saturated rings. The van der Waals surface area contributed by atoms with E-state index in [1.165, 1.54) is 12.8 Å². The van der Waals surface area contributed by atoms with Crippen molar-refractivity contribution >= 4 is 0 Å². The highest BCUT2D eigenvalue weighted by Gasteiger charge is 2.13. The van der Waals surface area contributed by atoms with Crippen molar-refractivity contribution in [3.63, 3.8) is 0 Å². The van der Waals surface area contributed by atoms with E-state index in [2.05, 4.69) is 26.8 Å². The van der Waals surface area contributed by atoms with Crippen LogP contribution in [0.3, 0.4) is 0 Å². The molecule has 1 unspecified atom stereocenters. The quantitative estimate of drug-likeness (QED) is 0.507. The van der Waals surface area contributed by atoms with Crippen molar-refractivity contribution in [3.05, 3.63) is 11.6 Å². The standard InChI is InChI=1S/C9H16/c1-7(2)8(3)6-9-4-5-9/h4,7-8H,5-6H2,1-3H3. The Morgan fingerprint density at radius 1 is 1.44 bits per heavy atom. The first-order valence-electron chi connectivity index (χ1n) is 3.88. The van der Waals surface area contributed by atoms with Gasteiger partial charge in [-0.15, -0.1) is 0 Å². The lowest BCUT2D eigenvalue weighted by atomic mass is 9.94. The Bertz CT molecular complexity index is 120. The summed E-state index contributed by atoms with van der Waals surface area (Å²) in [6.45, 7) is 6.94. The van der Waals surface area contributed by atoms with Gasteiger partial charge in [0.05, 0.1) is 0 Å². The van der Waals surface area contributed by atoms with Crippen LogP contribution < -0.4 is 0 Å². The molecule has 52 valence electrons. The molecule has 1 aliphatic rings. The van der Waals surface area contributed by atoms with E-state index >= 15 is 0 Å². The molecule has 0 aromatic rings. The molecule has 0 nitrogen and oxygen atoms in total. The van der Waals surface area contributed by atoms with Crippen molar-refractivity contribution in [3.8, 4) is 0 Å². The van der Waals surface area contributed by atoms with Crippen LogP contribution in [0, 0.1) is 11.8 Å². The van der Waals surface area contributed by atoms with Crippen molar-refractivity contribution in [2.75, 3.05) is 0 Å². The molecule has 0 amide bonds. The Hall–Kier alpha value is -0.260. The molecule has 0 aromatic carbocycles. The first kappa shape index (κ1) is 6.85. The molecule has 0 N–H and O–H groups in total. The van der Waals surface area contributed by atoms with Crippen LogP contribution in [0.25, 0.3) is 0 Å². The Balaban J connectivity index is 2.17.